The van der Waals surface area contributed by atoms with E-state index in [1.807, 2.05) is 67.6 Å². The van der Waals surface area contributed by atoms with Crippen LogP contribution in [0.4, 0.5) is 10.5 Å². The van der Waals surface area contributed by atoms with Crippen molar-refractivity contribution < 1.29 is 33.6 Å². The molecule has 0 aliphatic carbocycles. The van der Waals surface area contributed by atoms with Crippen molar-refractivity contribution in [2.45, 2.75) is 70.1 Å². The fourth-order valence-electron chi connectivity index (χ4n) is 6.13. The minimum atomic E-state index is -1.02. The molecule has 0 saturated carbocycles. The van der Waals surface area contributed by atoms with E-state index in [0.717, 1.165) is 23.1 Å². The number of aliphatic hydroxyl groups excluding tert-OH is 1. The van der Waals surface area contributed by atoms with Gasteiger partial charge in [0.25, 0.3) is 5.91 Å². The molecule has 2 amide bonds. The van der Waals surface area contributed by atoms with Crippen LogP contribution in [0.25, 0.3) is 0 Å². The van der Waals surface area contributed by atoms with Crippen molar-refractivity contribution >= 4 is 29.3 Å². The summed E-state index contributed by atoms with van der Waals surface area (Å²) < 4.78 is 22.8. The predicted octanol–water partition coefficient (Wildman–Crippen LogP) is 4.50. The Balaban J connectivity index is 1.27. The molecule has 246 valence electrons. The molecule has 0 bridgehead atoms. The highest BCUT2D eigenvalue weighted by atomic mass is 35.5. The average molecular weight is 652 g/mol. The second-order valence-corrected chi connectivity index (χ2v) is 12.4. The number of hydrogen-bond donors (Lipinski definition) is 4. The lowest BCUT2D eigenvalue weighted by atomic mass is 9.93. The number of rotatable bonds is 13. The summed E-state index contributed by atoms with van der Waals surface area (Å²) in [4.78, 5) is 26.3. The number of fused-ring (bicyclic) bond motifs is 1. The van der Waals surface area contributed by atoms with Crippen LogP contribution in [0.3, 0.4) is 0 Å². The minimum Gasteiger partial charge on any atom is -0.483 e. The topological polar surface area (TPSA) is 141 Å². The lowest BCUT2D eigenvalue weighted by Crippen LogP contribution is -2.50. The number of hydrogen-bond acceptors (Lipinski definition) is 8. The van der Waals surface area contributed by atoms with Crippen molar-refractivity contribution in [3.8, 4) is 5.75 Å². The quantitative estimate of drug-likeness (QED) is 0.198. The lowest BCUT2D eigenvalue weighted by Gasteiger charge is -2.29. The number of aryl methyl sites for hydroxylation is 1. The van der Waals surface area contributed by atoms with E-state index in [9.17, 15) is 14.7 Å². The summed E-state index contributed by atoms with van der Waals surface area (Å²) in [5.41, 5.74) is 9.83. The molecule has 3 aromatic rings. The van der Waals surface area contributed by atoms with Gasteiger partial charge in [0.2, 0.25) is 0 Å². The van der Waals surface area contributed by atoms with Crippen LogP contribution in [-0.2, 0) is 31.8 Å². The second kappa shape index (κ2) is 15.6. The molecule has 2 aliphatic rings. The van der Waals surface area contributed by atoms with Gasteiger partial charge in [0.15, 0.2) is 12.9 Å². The number of amides is 2. The van der Waals surface area contributed by atoms with Gasteiger partial charge in [-0.2, -0.15) is 0 Å². The third-order valence-corrected chi connectivity index (χ3v) is 8.89. The number of alkyl carbamates (subject to hydrolysis) is 1. The maximum Gasteiger partial charge on any atom is 0.407 e. The largest absolute Gasteiger partial charge is 0.483 e. The van der Waals surface area contributed by atoms with Crippen LogP contribution in [0.2, 0.25) is 5.02 Å². The molecule has 2 saturated heterocycles. The number of ether oxygens (including phenoxy) is 4. The average Bonchev–Trinajstić information content (AvgIpc) is 3.66. The summed E-state index contributed by atoms with van der Waals surface area (Å²) in [6.07, 6.45) is -0.685. The molecule has 0 spiro atoms. The Bertz CT molecular complexity index is 1480. The van der Waals surface area contributed by atoms with Crippen molar-refractivity contribution in [1.29, 1.82) is 0 Å². The molecule has 6 atom stereocenters. The molecule has 10 nitrogen and oxygen atoms in total. The smallest absolute Gasteiger partial charge is 0.407 e. The number of carbonyl (C=O) groups is 2. The van der Waals surface area contributed by atoms with Gasteiger partial charge in [-0.25, -0.2) is 4.79 Å². The van der Waals surface area contributed by atoms with Crippen LogP contribution in [0.15, 0.2) is 66.7 Å². The van der Waals surface area contributed by atoms with E-state index in [-0.39, 0.29) is 37.7 Å². The van der Waals surface area contributed by atoms with Gasteiger partial charge >= 0.3 is 6.09 Å². The summed E-state index contributed by atoms with van der Waals surface area (Å²) in [7, 11) is 0. The predicted molar refractivity (Wildman–Crippen MR) is 175 cm³/mol. The van der Waals surface area contributed by atoms with Gasteiger partial charge in [-0.15, -0.1) is 0 Å². The first-order valence-corrected chi connectivity index (χ1v) is 16.0. The number of carbonyl (C=O) groups excluding carboxylic acids is 2. The number of halogens is 1. The Morgan fingerprint density at radius 3 is 2.39 bits per heavy atom. The van der Waals surface area contributed by atoms with Crippen LogP contribution in [0.5, 0.6) is 5.75 Å². The van der Waals surface area contributed by atoms with Gasteiger partial charge in [-0.3, -0.25) is 4.79 Å². The highest BCUT2D eigenvalue weighted by molar-refractivity contribution is 6.33. The molecule has 2 heterocycles. The first kappa shape index (κ1) is 33.5. The van der Waals surface area contributed by atoms with E-state index in [2.05, 4.69) is 10.6 Å². The number of anilines is 1. The summed E-state index contributed by atoms with van der Waals surface area (Å²) in [5, 5.41) is 18.0. The number of nitrogens with one attached hydrogen (secondary N) is 2. The summed E-state index contributed by atoms with van der Waals surface area (Å²) in [5.74, 6) is 0.139. The van der Waals surface area contributed by atoms with Crippen molar-refractivity contribution in [2.75, 3.05) is 25.6 Å². The standard InChI is InChI=1S/C35H42ClN3O7/c1-21-15-27(36)32(37)22(2)33(21)44-20-31(41)38-25(16-23-9-5-3-6-10-23)18-29(40)28(17-24-11-7-4-8-12-24)39-35(42)46-30-19-45-34-26(30)13-14-43-34/h3-12,15,25-26,28-30,34,40H,13-14,16-20,37H2,1-2H3,(H,38,41)(H,39,42)/t25-,26?,28-,29-,30-,34?/m0/s1. The van der Waals surface area contributed by atoms with Gasteiger partial charge < -0.3 is 40.4 Å². The molecule has 2 fully saturated rings. The minimum absolute atomic E-state index is 0.00665. The van der Waals surface area contributed by atoms with Crippen LogP contribution >= 0.6 is 11.6 Å². The molecule has 2 aliphatic heterocycles. The SMILES string of the molecule is Cc1cc(Cl)c(N)c(C)c1OCC(=O)N[C@@H](Cc1ccccc1)C[C@H](O)[C@H](Cc1ccccc1)NC(=O)O[C@H]1COC2OCCC21. The number of benzene rings is 3. The Morgan fingerprint density at radius 2 is 1.70 bits per heavy atom. The molecule has 3 aromatic carbocycles. The van der Waals surface area contributed by atoms with Crippen molar-refractivity contribution in [3.05, 3.63) is 94.0 Å². The zero-order valence-electron chi connectivity index (χ0n) is 26.1. The number of nitrogens with two attached hydrogens (primary N) is 1. The molecule has 2 unspecified atom stereocenters. The third-order valence-electron chi connectivity index (χ3n) is 8.58. The maximum absolute atomic E-state index is 13.2. The fraction of sp³-hybridized carbons (Fsp3) is 0.429. The molecular formula is C35H42ClN3O7. The van der Waals surface area contributed by atoms with E-state index in [4.69, 9.17) is 36.3 Å². The zero-order valence-corrected chi connectivity index (χ0v) is 26.9. The maximum atomic E-state index is 13.2. The summed E-state index contributed by atoms with van der Waals surface area (Å²) in [6.45, 7) is 4.21. The van der Waals surface area contributed by atoms with Gasteiger partial charge in [0.1, 0.15) is 11.9 Å². The van der Waals surface area contributed by atoms with E-state index < -0.39 is 30.4 Å². The van der Waals surface area contributed by atoms with Crippen LogP contribution in [0.1, 0.15) is 35.1 Å². The van der Waals surface area contributed by atoms with Crippen LogP contribution in [0, 0.1) is 19.8 Å². The van der Waals surface area contributed by atoms with E-state index >= 15 is 0 Å². The molecular weight excluding hydrogens is 610 g/mol. The Kier molecular flexibility index (Phi) is 11.4. The van der Waals surface area contributed by atoms with E-state index in [1.165, 1.54) is 0 Å². The molecule has 0 radical (unpaired) electrons. The van der Waals surface area contributed by atoms with Gasteiger partial charge in [-0.1, -0.05) is 72.3 Å². The zero-order chi connectivity index (χ0) is 32.6. The van der Waals surface area contributed by atoms with Crippen molar-refractivity contribution in [2.24, 2.45) is 5.92 Å². The molecule has 5 N–H and O–H groups in total. The van der Waals surface area contributed by atoms with Crippen molar-refractivity contribution in [1.82, 2.24) is 10.6 Å². The third kappa shape index (κ3) is 8.70. The molecule has 0 aromatic heterocycles. The fourth-order valence-corrected chi connectivity index (χ4v) is 6.43. The molecule has 5 rings (SSSR count). The Morgan fingerprint density at radius 1 is 1.02 bits per heavy atom. The normalized spacial score (nSPS) is 20.7. The van der Waals surface area contributed by atoms with Crippen LogP contribution < -0.4 is 21.1 Å². The first-order valence-electron chi connectivity index (χ1n) is 15.6. The van der Waals surface area contributed by atoms with Gasteiger partial charge in [-0.05, 0) is 62.3 Å². The summed E-state index contributed by atoms with van der Waals surface area (Å²) in [6, 6.07) is 19.8. The first-order chi connectivity index (χ1) is 22.2. The Hall–Kier alpha value is -3.83. The number of aliphatic hydroxyl groups is 1. The monoisotopic (exact) mass is 651 g/mol. The molecule has 11 heteroatoms. The van der Waals surface area contributed by atoms with Gasteiger partial charge in [0, 0.05) is 11.6 Å². The number of nitrogen functional groups attached to an aromatic ring is 1. The summed E-state index contributed by atoms with van der Waals surface area (Å²) >= 11 is 6.19. The second-order valence-electron chi connectivity index (χ2n) is 12.0. The van der Waals surface area contributed by atoms with E-state index in [1.54, 1.807) is 13.0 Å². The van der Waals surface area contributed by atoms with E-state index in [0.29, 0.717) is 41.5 Å². The van der Waals surface area contributed by atoms with Crippen LogP contribution in [-0.4, -0.2) is 67.5 Å². The van der Waals surface area contributed by atoms with Crippen molar-refractivity contribution in [3.63, 3.8) is 0 Å². The lowest BCUT2D eigenvalue weighted by molar-refractivity contribution is -0.124. The highest BCUT2D eigenvalue weighted by Crippen LogP contribution is 2.34. The van der Waals surface area contributed by atoms with Gasteiger partial charge in [0.05, 0.1) is 42.0 Å². The Labute approximate surface area is 274 Å². The highest BCUT2D eigenvalue weighted by Gasteiger charge is 2.44. The molecule has 46 heavy (non-hydrogen) atoms.